The summed E-state index contributed by atoms with van der Waals surface area (Å²) in [4.78, 5) is 39.8. The molecule has 0 saturated heterocycles. The van der Waals surface area contributed by atoms with Gasteiger partial charge in [-0.15, -0.1) is 21.5 Å². The standard InChI is InChI=1S/C22H18ClN7O4S2/c1-13-16(6-3-7-17(13)30(33)34)20(32)25-11-18-27-28-22(29(18)15-5-2-4-14(23)10-15)36-12-19(31)26-21-24-8-9-35-21/h2-10H,11-12H2,1H3,(H,25,32)(H,24,26,31). The van der Waals surface area contributed by atoms with Gasteiger partial charge in [-0.3, -0.25) is 24.3 Å². The van der Waals surface area contributed by atoms with Crippen LogP contribution in [0.3, 0.4) is 0 Å². The lowest BCUT2D eigenvalue weighted by Crippen LogP contribution is -2.25. The second kappa shape index (κ2) is 11.3. The molecule has 2 N–H and O–H groups in total. The van der Waals surface area contributed by atoms with Crippen molar-refractivity contribution in [3.8, 4) is 5.69 Å². The fourth-order valence-electron chi connectivity index (χ4n) is 3.28. The minimum atomic E-state index is -0.532. The normalized spacial score (nSPS) is 10.7. The summed E-state index contributed by atoms with van der Waals surface area (Å²) in [6, 6.07) is 11.3. The Bertz CT molecular complexity index is 1430. The zero-order chi connectivity index (χ0) is 25.7. The van der Waals surface area contributed by atoms with E-state index in [4.69, 9.17) is 11.6 Å². The molecule has 0 aliphatic rings. The van der Waals surface area contributed by atoms with Crippen molar-refractivity contribution < 1.29 is 14.5 Å². The Morgan fingerprint density at radius 1 is 1.22 bits per heavy atom. The lowest BCUT2D eigenvalue weighted by molar-refractivity contribution is -0.385. The Labute approximate surface area is 218 Å². The van der Waals surface area contributed by atoms with E-state index in [9.17, 15) is 19.7 Å². The largest absolute Gasteiger partial charge is 0.345 e. The number of benzene rings is 2. The molecule has 0 radical (unpaired) electrons. The number of thiazole rings is 1. The van der Waals surface area contributed by atoms with Gasteiger partial charge in [0.2, 0.25) is 5.91 Å². The lowest BCUT2D eigenvalue weighted by Gasteiger charge is -2.12. The number of nitrogens with zero attached hydrogens (tertiary/aromatic N) is 5. The molecule has 0 unspecified atom stereocenters. The zero-order valence-electron chi connectivity index (χ0n) is 18.7. The van der Waals surface area contributed by atoms with E-state index in [1.807, 2.05) is 0 Å². The third-order valence-electron chi connectivity index (χ3n) is 4.93. The predicted molar refractivity (Wildman–Crippen MR) is 137 cm³/mol. The second-order valence-electron chi connectivity index (χ2n) is 7.28. The SMILES string of the molecule is Cc1c(C(=O)NCc2nnc(SCC(=O)Nc3nccs3)n2-c2cccc(Cl)c2)cccc1[N+](=O)[O-]. The maximum Gasteiger partial charge on any atom is 0.273 e. The monoisotopic (exact) mass is 543 g/mol. The summed E-state index contributed by atoms with van der Waals surface area (Å²) in [5, 5.41) is 28.2. The Morgan fingerprint density at radius 3 is 2.75 bits per heavy atom. The number of rotatable bonds is 9. The van der Waals surface area contributed by atoms with Gasteiger partial charge in [0, 0.05) is 33.8 Å². The summed E-state index contributed by atoms with van der Waals surface area (Å²) in [6.45, 7) is 1.50. The molecule has 0 aliphatic carbocycles. The maximum atomic E-state index is 12.8. The van der Waals surface area contributed by atoms with Crippen molar-refractivity contribution in [1.29, 1.82) is 0 Å². The molecular formula is C22H18ClN7O4S2. The second-order valence-corrected chi connectivity index (χ2v) is 9.55. The number of carbonyl (C=O) groups excluding carboxylic acids is 2. The molecule has 11 nitrogen and oxygen atoms in total. The number of nitro groups is 1. The Balaban J connectivity index is 1.54. The van der Waals surface area contributed by atoms with Crippen LogP contribution in [-0.2, 0) is 11.3 Å². The highest BCUT2D eigenvalue weighted by Crippen LogP contribution is 2.25. The smallest absolute Gasteiger partial charge is 0.273 e. The summed E-state index contributed by atoms with van der Waals surface area (Å²) in [7, 11) is 0. The number of aromatic nitrogens is 4. The molecule has 2 heterocycles. The van der Waals surface area contributed by atoms with Crippen LogP contribution in [0.4, 0.5) is 10.8 Å². The van der Waals surface area contributed by atoms with Gasteiger partial charge in [-0.2, -0.15) is 0 Å². The number of halogens is 1. The summed E-state index contributed by atoms with van der Waals surface area (Å²) < 4.78 is 1.69. The van der Waals surface area contributed by atoms with E-state index in [1.54, 1.807) is 40.4 Å². The fourth-order valence-corrected chi connectivity index (χ4v) is 4.78. The van der Waals surface area contributed by atoms with E-state index >= 15 is 0 Å². The molecule has 0 fully saturated rings. The number of anilines is 1. The number of thioether (sulfide) groups is 1. The molecule has 4 aromatic rings. The number of hydrogen-bond acceptors (Lipinski definition) is 9. The van der Waals surface area contributed by atoms with Crippen molar-refractivity contribution in [3.05, 3.63) is 86.1 Å². The molecule has 0 atom stereocenters. The highest BCUT2D eigenvalue weighted by atomic mass is 35.5. The van der Waals surface area contributed by atoms with Crippen molar-refractivity contribution >= 4 is 57.3 Å². The van der Waals surface area contributed by atoms with Crippen LogP contribution in [0.2, 0.25) is 5.02 Å². The van der Waals surface area contributed by atoms with Gasteiger partial charge in [0.25, 0.3) is 11.6 Å². The summed E-state index contributed by atoms with van der Waals surface area (Å²) >= 11 is 8.66. The number of amides is 2. The molecular weight excluding hydrogens is 526 g/mol. The third kappa shape index (κ3) is 5.87. The highest BCUT2D eigenvalue weighted by Gasteiger charge is 2.20. The Hall–Kier alpha value is -3.81. The van der Waals surface area contributed by atoms with Crippen LogP contribution >= 0.6 is 34.7 Å². The van der Waals surface area contributed by atoms with Crippen molar-refractivity contribution in [1.82, 2.24) is 25.1 Å². The van der Waals surface area contributed by atoms with E-state index in [-0.39, 0.29) is 35.0 Å². The van der Waals surface area contributed by atoms with Gasteiger partial charge in [-0.1, -0.05) is 35.5 Å². The average molecular weight is 544 g/mol. The van der Waals surface area contributed by atoms with Crippen molar-refractivity contribution in [2.24, 2.45) is 0 Å². The molecule has 2 amide bonds. The minimum absolute atomic E-state index is 0.0215. The molecule has 36 heavy (non-hydrogen) atoms. The third-order valence-corrected chi connectivity index (χ3v) is 6.78. The maximum absolute atomic E-state index is 12.8. The van der Waals surface area contributed by atoms with Crippen LogP contribution in [0.15, 0.2) is 59.2 Å². The summed E-state index contributed by atoms with van der Waals surface area (Å²) in [5.41, 5.74) is 0.954. The molecule has 0 aliphatic heterocycles. The topological polar surface area (TPSA) is 145 Å². The molecule has 0 bridgehead atoms. The van der Waals surface area contributed by atoms with Crippen LogP contribution in [0.1, 0.15) is 21.7 Å². The number of nitrogens with one attached hydrogen (secondary N) is 2. The van der Waals surface area contributed by atoms with Gasteiger partial charge in [0.1, 0.15) is 0 Å². The molecule has 2 aromatic heterocycles. The average Bonchev–Trinajstić information content (AvgIpc) is 3.51. The first-order valence-electron chi connectivity index (χ1n) is 10.4. The van der Waals surface area contributed by atoms with Crippen molar-refractivity contribution in [2.75, 3.05) is 11.1 Å². The highest BCUT2D eigenvalue weighted by molar-refractivity contribution is 7.99. The van der Waals surface area contributed by atoms with Gasteiger partial charge in [0.15, 0.2) is 16.1 Å². The van der Waals surface area contributed by atoms with Crippen LogP contribution in [-0.4, -0.2) is 42.2 Å². The van der Waals surface area contributed by atoms with Gasteiger partial charge in [-0.25, -0.2) is 4.98 Å². The van der Waals surface area contributed by atoms with E-state index in [0.29, 0.717) is 26.8 Å². The number of nitro benzene ring substituents is 1. The number of hydrogen-bond donors (Lipinski definition) is 2. The van der Waals surface area contributed by atoms with Gasteiger partial charge in [0.05, 0.1) is 22.9 Å². The minimum Gasteiger partial charge on any atom is -0.345 e. The Kier molecular flexibility index (Phi) is 7.93. The van der Waals surface area contributed by atoms with Crippen LogP contribution in [0, 0.1) is 17.0 Å². The first-order valence-corrected chi connectivity index (χ1v) is 12.6. The van der Waals surface area contributed by atoms with E-state index in [0.717, 1.165) is 11.8 Å². The van der Waals surface area contributed by atoms with Gasteiger partial charge < -0.3 is 10.6 Å². The zero-order valence-corrected chi connectivity index (χ0v) is 21.1. The summed E-state index contributed by atoms with van der Waals surface area (Å²) in [6.07, 6.45) is 1.60. The predicted octanol–water partition coefficient (Wildman–Crippen LogP) is 4.25. The molecule has 184 valence electrons. The number of carbonyl (C=O) groups is 2. The van der Waals surface area contributed by atoms with E-state index in [1.165, 1.54) is 36.5 Å². The van der Waals surface area contributed by atoms with E-state index < -0.39 is 10.8 Å². The van der Waals surface area contributed by atoms with Crippen LogP contribution in [0.25, 0.3) is 5.69 Å². The van der Waals surface area contributed by atoms with Gasteiger partial charge >= 0.3 is 0 Å². The Morgan fingerprint density at radius 2 is 2.03 bits per heavy atom. The van der Waals surface area contributed by atoms with Crippen molar-refractivity contribution in [3.63, 3.8) is 0 Å². The van der Waals surface area contributed by atoms with Gasteiger partial charge in [-0.05, 0) is 31.2 Å². The molecule has 0 spiro atoms. The van der Waals surface area contributed by atoms with Crippen LogP contribution < -0.4 is 10.6 Å². The molecule has 14 heteroatoms. The molecule has 4 rings (SSSR count). The summed E-state index contributed by atoms with van der Waals surface area (Å²) in [5.74, 6) is -0.311. The first-order chi connectivity index (χ1) is 17.3. The van der Waals surface area contributed by atoms with Crippen molar-refractivity contribution in [2.45, 2.75) is 18.6 Å². The molecule has 2 aromatic carbocycles. The quantitative estimate of drug-likeness (QED) is 0.181. The first kappa shape index (κ1) is 25.3. The lowest BCUT2D eigenvalue weighted by atomic mass is 10.1. The molecule has 0 saturated carbocycles. The fraction of sp³-hybridized carbons (Fsp3) is 0.136. The van der Waals surface area contributed by atoms with E-state index in [2.05, 4.69) is 25.8 Å². The van der Waals surface area contributed by atoms with Crippen LogP contribution in [0.5, 0.6) is 0 Å².